The Morgan fingerprint density at radius 3 is 2.34 bits per heavy atom. The molecule has 0 aliphatic carbocycles. The summed E-state index contributed by atoms with van der Waals surface area (Å²) in [4.78, 5) is 12.5. The number of nitrogens with zero attached hydrogens (tertiary/aromatic N) is 2. The molecule has 3 aromatic carbocycles. The second-order valence-electron chi connectivity index (χ2n) is 9.18. The zero-order valence-corrected chi connectivity index (χ0v) is 22.4. The van der Waals surface area contributed by atoms with Gasteiger partial charge in [0.05, 0.1) is 29.0 Å². The van der Waals surface area contributed by atoms with Crippen molar-refractivity contribution in [3.63, 3.8) is 0 Å². The fourth-order valence-corrected chi connectivity index (χ4v) is 4.35. The van der Waals surface area contributed by atoms with Gasteiger partial charge in [-0.2, -0.15) is 31.4 Å². The number of rotatable bonds is 9. The van der Waals surface area contributed by atoms with E-state index in [2.05, 4.69) is 10.5 Å². The monoisotopic (exact) mass is 595 g/mol. The number of nitrogens with one attached hydrogen (secondary N) is 1. The van der Waals surface area contributed by atoms with E-state index in [1.54, 1.807) is 42.6 Å². The van der Waals surface area contributed by atoms with Crippen molar-refractivity contribution in [3.8, 4) is 5.75 Å². The number of ether oxygens (including phenoxy) is 1. The van der Waals surface area contributed by atoms with Crippen LogP contribution in [0.25, 0.3) is 10.9 Å². The number of hydrazone groups is 1. The second kappa shape index (κ2) is 12.3. The lowest BCUT2D eigenvalue weighted by molar-refractivity contribution is -0.143. The van der Waals surface area contributed by atoms with Crippen molar-refractivity contribution in [1.82, 2.24) is 9.99 Å². The Labute approximate surface area is 236 Å². The van der Waals surface area contributed by atoms with E-state index in [-0.39, 0.29) is 28.8 Å². The first-order valence-electron chi connectivity index (χ1n) is 12.5. The highest BCUT2D eigenvalue weighted by Crippen LogP contribution is 2.36. The molecule has 0 saturated heterocycles. The molecule has 0 atom stereocenters. The van der Waals surface area contributed by atoms with Crippen molar-refractivity contribution in [2.75, 3.05) is 6.61 Å². The summed E-state index contributed by atoms with van der Waals surface area (Å²) in [6, 6.07) is 12.8. The van der Waals surface area contributed by atoms with E-state index in [1.165, 1.54) is 16.8 Å². The van der Waals surface area contributed by atoms with Crippen LogP contribution in [0.2, 0.25) is 5.02 Å². The maximum absolute atomic E-state index is 13.3. The number of benzene rings is 3. The number of alkyl halides is 6. The Bertz CT molecular complexity index is 1550. The molecule has 0 bridgehead atoms. The molecule has 1 N–H and O–H groups in total. The zero-order valence-electron chi connectivity index (χ0n) is 21.6. The Morgan fingerprint density at radius 2 is 1.71 bits per heavy atom. The number of halogens is 7. The van der Waals surface area contributed by atoms with Crippen LogP contribution in [0, 0.1) is 0 Å². The van der Waals surface area contributed by atoms with E-state index < -0.39 is 29.4 Å². The molecule has 0 fully saturated rings. The minimum absolute atomic E-state index is 0.101. The molecule has 41 heavy (non-hydrogen) atoms. The first kappa shape index (κ1) is 30.0. The number of hydrogen-bond acceptors (Lipinski definition) is 3. The molecule has 4 aromatic rings. The molecule has 0 radical (unpaired) electrons. The Kier molecular flexibility index (Phi) is 8.96. The smallest absolute Gasteiger partial charge is 0.416 e. The molecular weight excluding hydrogens is 572 g/mol. The molecule has 1 amide bonds. The van der Waals surface area contributed by atoms with Crippen molar-refractivity contribution < 1.29 is 35.9 Å². The fraction of sp³-hybridized carbons (Fsp3) is 0.241. The van der Waals surface area contributed by atoms with Crippen molar-refractivity contribution in [2.24, 2.45) is 5.10 Å². The van der Waals surface area contributed by atoms with Crippen LogP contribution in [-0.4, -0.2) is 23.3 Å². The minimum Gasteiger partial charge on any atom is -0.492 e. The minimum atomic E-state index is -4.93. The molecule has 12 heteroatoms. The molecule has 4 rings (SSSR count). The lowest BCUT2D eigenvalue weighted by atomic mass is 10.0. The molecule has 0 spiro atoms. The second-order valence-corrected chi connectivity index (χ2v) is 9.59. The molecule has 0 saturated carbocycles. The summed E-state index contributed by atoms with van der Waals surface area (Å²) in [6.45, 7) is 2.31. The van der Waals surface area contributed by atoms with Gasteiger partial charge in [0.15, 0.2) is 0 Å². The number of hydrogen-bond donors (Lipinski definition) is 1. The van der Waals surface area contributed by atoms with E-state index in [1.807, 2.05) is 6.92 Å². The summed E-state index contributed by atoms with van der Waals surface area (Å²) in [7, 11) is 0. The predicted molar refractivity (Wildman–Crippen MR) is 144 cm³/mol. The van der Waals surface area contributed by atoms with Gasteiger partial charge in [0.1, 0.15) is 5.75 Å². The van der Waals surface area contributed by atoms with Gasteiger partial charge < -0.3 is 9.30 Å². The van der Waals surface area contributed by atoms with Crippen molar-refractivity contribution >= 4 is 34.6 Å². The van der Waals surface area contributed by atoms with Crippen molar-refractivity contribution in [3.05, 3.63) is 99.7 Å². The van der Waals surface area contributed by atoms with E-state index >= 15 is 0 Å². The molecule has 1 aromatic heterocycles. The number of fused-ring (bicyclic) bond motifs is 1. The number of carbonyl (C=O) groups excluding carboxylic acids is 1. The Morgan fingerprint density at radius 1 is 1.00 bits per heavy atom. The maximum atomic E-state index is 13.3. The molecule has 0 aliphatic heterocycles. The number of carbonyl (C=O) groups is 1. The summed E-state index contributed by atoms with van der Waals surface area (Å²) in [6.07, 6.45) is -5.08. The van der Waals surface area contributed by atoms with E-state index in [9.17, 15) is 31.1 Å². The van der Waals surface area contributed by atoms with Crippen LogP contribution in [-0.2, 0) is 18.9 Å². The summed E-state index contributed by atoms with van der Waals surface area (Å²) in [5, 5.41) is 4.91. The average Bonchev–Trinajstić information content (AvgIpc) is 3.32. The number of aromatic nitrogens is 1. The zero-order chi connectivity index (χ0) is 29.8. The standard InChI is InChI=1S/C29H24ClF6N3O2/c1-2-3-11-41-26-8-7-19(14-24(26)30)27(40)38-37-16-20-5-4-6-25-23(20)9-10-39(25)17-18-12-21(28(31,32)33)15-22(13-18)29(34,35)36/h4-10,12-16H,2-3,11,17H2,1H3,(H,38,40)/b37-16+. The van der Waals surface area contributed by atoms with Crippen molar-refractivity contribution in [1.29, 1.82) is 0 Å². The van der Waals surface area contributed by atoms with Gasteiger partial charge in [0, 0.05) is 34.8 Å². The summed E-state index contributed by atoms with van der Waals surface area (Å²) in [5.74, 6) is -0.0471. The number of amides is 1. The Hall–Kier alpha value is -3.99. The lowest BCUT2D eigenvalue weighted by Crippen LogP contribution is -2.17. The van der Waals surface area contributed by atoms with Gasteiger partial charge in [0.25, 0.3) is 5.91 Å². The summed E-state index contributed by atoms with van der Waals surface area (Å²) in [5.41, 5.74) is 0.892. The quantitative estimate of drug-likeness (QED) is 0.0915. The lowest BCUT2D eigenvalue weighted by Gasteiger charge is -2.15. The molecule has 0 unspecified atom stereocenters. The van der Waals surface area contributed by atoms with Crippen LogP contribution in [0.3, 0.4) is 0 Å². The van der Waals surface area contributed by atoms with Crippen LogP contribution in [0.5, 0.6) is 5.75 Å². The van der Waals surface area contributed by atoms with Crippen LogP contribution < -0.4 is 10.2 Å². The van der Waals surface area contributed by atoms with E-state index in [0.717, 1.165) is 12.8 Å². The third kappa shape index (κ3) is 7.40. The highest BCUT2D eigenvalue weighted by atomic mass is 35.5. The third-order valence-electron chi connectivity index (χ3n) is 6.17. The van der Waals surface area contributed by atoms with Gasteiger partial charge in [0.2, 0.25) is 0 Å². The normalized spacial score (nSPS) is 12.3. The largest absolute Gasteiger partial charge is 0.492 e. The maximum Gasteiger partial charge on any atom is 0.416 e. The molecule has 1 heterocycles. The first-order valence-corrected chi connectivity index (χ1v) is 12.9. The van der Waals surface area contributed by atoms with Crippen LogP contribution in [0.15, 0.2) is 72.0 Å². The average molecular weight is 596 g/mol. The van der Waals surface area contributed by atoms with Gasteiger partial charge in [-0.25, -0.2) is 5.43 Å². The van der Waals surface area contributed by atoms with Crippen LogP contribution in [0.4, 0.5) is 26.3 Å². The van der Waals surface area contributed by atoms with Crippen molar-refractivity contribution in [2.45, 2.75) is 38.7 Å². The van der Waals surface area contributed by atoms with Gasteiger partial charge in [-0.15, -0.1) is 0 Å². The fourth-order valence-electron chi connectivity index (χ4n) is 4.12. The van der Waals surface area contributed by atoms with Gasteiger partial charge in [-0.1, -0.05) is 37.1 Å². The molecular formula is C29H24ClF6N3O2. The molecule has 0 aliphatic rings. The predicted octanol–water partition coefficient (Wildman–Crippen LogP) is 8.32. The third-order valence-corrected chi connectivity index (χ3v) is 6.46. The summed E-state index contributed by atoms with van der Waals surface area (Å²) < 4.78 is 86.7. The molecule has 216 valence electrons. The van der Waals surface area contributed by atoms with E-state index in [0.29, 0.717) is 41.0 Å². The molecule has 5 nitrogen and oxygen atoms in total. The first-order chi connectivity index (χ1) is 19.4. The van der Waals surface area contributed by atoms with Crippen LogP contribution >= 0.6 is 11.6 Å². The highest BCUT2D eigenvalue weighted by molar-refractivity contribution is 6.32. The van der Waals surface area contributed by atoms with Gasteiger partial charge in [-0.3, -0.25) is 4.79 Å². The summed E-state index contributed by atoms with van der Waals surface area (Å²) >= 11 is 6.21. The Balaban J connectivity index is 1.51. The SMILES string of the molecule is CCCCOc1ccc(C(=O)N/N=C/c2cccc3c2ccn3Cc2cc(C(F)(F)F)cc(C(F)(F)F)c2)cc1Cl. The van der Waals surface area contributed by atoms with Gasteiger partial charge >= 0.3 is 12.4 Å². The van der Waals surface area contributed by atoms with E-state index in [4.69, 9.17) is 16.3 Å². The highest BCUT2D eigenvalue weighted by Gasteiger charge is 2.36. The van der Waals surface area contributed by atoms with Gasteiger partial charge in [-0.05, 0) is 60.5 Å². The topological polar surface area (TPSA) is 55.6 Å². The number of unbranched alkanes of at least 4 members (excludes halogenated alkanes) is 1. The van der Waals surface area contributed by atoms with Crippen LogP contribution in [0.1, 0.15) is 52.4 Å².